The number of ether oxygens (including phenoxy) is 4. The van der Waals surface area contributed by atoms with Gasteiger partial charge in [-0.1, -0.05) is 319 Å². The van der Waals surface area contributed by atoms with Gasteiger partial charge in [-0.25, -0.2) is 4.79 Å². The Morgan fingerprint density at radius 1 is 0.353 bits per heavy atom. The first kappa shape index (κ1) is 82.2. The molecule has 0 saturated heterocycles. The maximum absolute atomic E-state index is 13.0. The summed E-state index contributed by atoms with van der Waals surface area (Å²) in [6, 6.07) is 0. The Morgan fingerprint density at radius 2 is 0.635 bits per heavy atom. The predicted molar refractivity (Wildman–Crippen MR) is 364 cm³/mol. The smallest absolute Gasteiger partial charge is 0.361 e. The molecule has 0 saturated carbocycles. The summed E-state index contributed by atoms with van der Waals surface area (Å²) in [5, 5.41) is 9.75. The van der Waals surface area contributed by atoms with Crippen molar-refractivity contribution in [3.63, 3.8) is 0 Å². The van der Waals surface area contributed by atoms with Gasteiger partial charge in [0.15, 0.2) is 6.10 Å². The molecule has 2 atom stereocenters. The minimum atomic E-state index is -1.51. The second-order valence-electron chi connectivity index (χ2n) is 26.3. The molecule has 0 aromatic heterocycles. The minimum Gasteiger partial charge on any atom is -0.477 e. The van der Waals surface area contributed by atoms with Crippen LogP contribution in [0.25, 0.3) is 0 Å². The molecule has 9 nitrogen and oxygen atoms in total. The van der Waals surface area contributed by atoms with Crippen LogP contribution in [0.15, 0.2) is 48.6 Å². The zero-order valence-electron chi connectivity index (χ0n) is 57.0. The van der Waals surface area contributed by atoms with Gasteiger partial charge < -0.3 is 28.5 Å². The Morgan fingerprint density at radius 3 is 0.953 bits per heavy atom. The highest BCUT2D eigenvalue weighted by Gasteiger charge is 2.25. The van der Waals surface area contributed by atoms with Crippen LogP contribution in [0.4, 0.5) is 0 Å². The predicted octanol–water partition coefficient (Wildman–Crippen LogP) is 22.9. The molecule has 0 spiro atoms. The molecule has 0 aliphatic heterocycles. The highest BCUT2D eigenvalue weighted by Crippen LogP contribution is 2.19. The van der Waals surface area contributed by atoms with E-state index in [1.54, 1.807) is 0 Å². The molecule has 0 radical (unpaired) electrons. The molecule has 9 heteroatoms. The topological polar surface area (TPSA) is 108 Å². The number of esters is 2. The summed E-state index contributed by atoms with van der Waals surface area (Å²) in [6.07, 6.45) is 83.8. The molecular weight excluding hydrogens is 1050 g/mol. The second-order valence-corrected chi connectivity index (χ2v) is 26.3. The van der Waals surface area contributed by atoms with Gasteiger partial charge in [0.1, 0.15) is 13.2 Å². The molecule has 498 valence electrons. The van der Waals surface area contributed by atoms with Gasteiger partial charge in [0.05, 0.1) is 34.4 Å². The fourth-order valence-corrected chi connectivity index (χ4v) is 10.9. The maximum Gasteiger partial charge on any atom is 0.361 e. The number of aliphatic carboxylic acids is 1. The van der Waals surface area contributed by atoms with Gasteiger partial charge in [0.2, 0.25) is 0 Å². The summed E-state index contributed by atoms with van der Waals surface area (Å²) in [4.78, 5) is 37.6. The first-order chi connectivity index (χ1) is 41.6. The summed E-state index contributed by atoms with van der Waals surface area (Å²) in [6.45, 7) is 4.92. The fourth-order valence-electron chi connectivity index (χ4n) is 10.9. The maximum atomic E-state index is 13.0. The molecule has 2 unspecified atom stereocenters. The number of unbranched alkanes of at least 4 members (excludes halogenated alkanes) is 46. The molecule has 85 heavy (non-hydrogen) atoms. The van der Waals surface area contributed by atoms with E-state index in [2.05, 4.69) is 62.5 Å². The average Bonchev–Trinajstić information content (AvgIpc) is 3.48. The van der Waals surface area contributed by atoms with E-state index in [9.17, 15) is 19.5 Å². The van der Waals surface area contributed by atoms with Gasteiger partial charge in [0, 0.05) is 12.8 Å². The monoisotopic (exact) mass is 1200 g/mol. The van der Waals surface area contributed by atoms with E-state index in [1.165, 1.54) is 283 Å². The Bertz CT molecular complexity index is 1530. The quantitative estimate of drug-likeness (QED) is 0.0211. The van der Waals surface area contributed by atoms with Crippen molar-refractivity contribution >= 4 is 17.9 Å². The molecular formula is C76H142NO8+. The van der Waals surface area contributed by atoms with Crippen LogP contribution in [0.5, 0.6) is 0 Å². The lowest BCUT2D eigenvalue weighted by Gasteiger charge is -2.25. The number of allylic oxidation sites excluding steroid dienone is 8. The number of rotatable bonds is 69. The highest BCUT2D eigenvalue weighted by atomic mass is 16.7. The van der Waals surface area contributed by atoms with E-state index in [-0.39, 0.29) is 38.2 Å². The molecule has 0 fully saturated rings. The van der Waals surface area contributed by atoms with Gasteiger partial charge in [-0.15, -0.1) is 0 Å². The van der Waals surface area contributed by atoms with Crippen LogP contribution in [0.3, 0.4) is 0 Å². The Labute approximate surface area is 527 Å². The number of carboxylic acid groups (broad SMARTS) is 1. The SMILES string of the molecule is CCCCCCC/C=C\C/C=C\C/C=C\CCCCCCCCCCCCCCCCCCCCCCCCC(=O)OC(COC(=O)CCCCCCCCCCCCC/C=C\CCCCCCCCCC)COC(OCC[N+](C)(C)C)C(=O)O. The van der Waals surface area contributed by atoms with Gasteiger partial charge >= 0.3 is 17.9 Å². The van der Waals surface area contributed by atoms with Crippen molar-refractivity contribution in [1.29, 1.82) is 0 Å². The Kier molecular flexibility index (Phi) is 65.0. The number of hydrogen-bond donors (Lipinski definition) is 1. The van der Waals surface area contributed by atoms with Crippen molar-refractivity contribution in [3.8, 4) is 0 Å². The van der Waals surface area contributed by atoms with Crippen molar-refractivity contribution in [2.45, 2.75) is 373 Å². The van der Waals surface area contributed by atoms with E-state index in [0.29, 0.717) is 17.4 Å². The first-order valence-electron chi connectivity index (χ1n) is 36.8. The van der Waals surface area contributed by atoms with Crippen LogP contribution in [0.1, 0.15) is 361 Å². The zero-order chi connectivity index (χ0) is 61.9. The van der Waals surface area contributed by atoms with Crippen LogP contribution < -0.4 is 0 Å². The number of carboxylic acids is 1. The largest absolute Gasteiger partial charge is 0.477 e. The van der Waals surface area contributed by atoms with Crippen LogP contribution in [0, 0.1) is 0 Å². The lowest BCUT2D eigenvalue weighted by Crippen LogP contribution is -2.40. The van der Waals surface area contributed by atoms with Crippen LogP contribution >= 0.6 is 0 Å². The molecule has 1 N–H and O–H groups in total. The summed E-state index contributed by atoms with van der Waals surface area (Å²) in [7, 11) is 5.99. The van der Waals surface area contributed by atoms with Crippen LogP contribution in [-0.4, -0.2) is 87.4 Å². The Balaban J connectivity index is 4.01. The standard InChI is InChI=1S/C76H141NO8/c1-6-8-10-12-14-16-18-20-22-24-26-28-30-31-32-33-34-35-36-37-38-39-40-41-42-43-45-47-49-51-53-55-57-59-61-63-65-67-74(79)85-72(71-84-76(75(80)81)82-69-68-77(3,4)5)70-83-73(78)66-64-62-60-58-56-54-52-50-48-46-44-29-27-25-23-21-19-17-15-13-11-9-7-2/h18,20,24-27,30-31,72,76H,6-17,19,21-23,28-29,32-71H2,1-5H3/p+1/b20-18-,26-24-,27-25-,31-30-. The Hall–Kier alpha value is -2.75. The molecule has 0 bridgehead atoms. The van der Waals surface area contributed by atoms with E-state index in [4.69, 9.17) is 18.9 Å². The van der Waals surface area contributed by atoms with Crippen molar-refractivity contribution in [2.24, 2.45) is 0 Å². The summed E-state index contributed by atoms with van der Waals surface area (Å²) in [5.41, 5.74) is 0. The van der Waals surface area contributed by atoms with Crippen molar-refractivity contribution in [3.05, 3.63) is 48.6 Å². The van der Waals surface area contributed by atoms with Crippen LogP contribution in [-0.2, 0) is 33.3 Å². The third kappa shape index (κ3) is 68.6. The molecule has 0 heterocycles. The summed E-state index contributed by atoms with van der Waals surface area (Å²) < 4.78 is 23.0. The van der Waals surface area contributed by atoms with Crippen molar-refractivity contribution in [2.75, 3.05) is 47.5 Å². The van der Waals surface area contributed by atoms with E-state index >= 15 is 0 Å². The average molecular weight is 1200 g/mol. The third-order valence-electron chi connectivity index (χ3n) is 16.6. The molecule has 0 aliphatic carbocycles. The van der Waals surface area contributed by atoms with Gasteiger partial charge in [-0.05, 0) is 77.0 Å². The summed E-state index contributed by atoms with van der Waals surface area (Å²) >= 11 is 0. The lowest BCUT2D eigenvalue weighted by molar-refractivity contribution is -0.870. The van der Waals surface area contributed by atoms with E-state index < -0.39 is 18.4 Å². The number of quaternary nitrogens is 1. The number of nitrogens with zero attached hydrogens (tertiary/aromatic N) is 1. The molecule has 0 amide bonds. The lowest BCUT2D eigenvalue weighted by atomic mass is 10.0. The number of likely N-dealkylation sites (N-methyl/N-ethyl adjacent to an activating group) is 1. The normalized spacial score (nSPS) is 12.9. The molecule has 0 aromatic rings. The fraction of sp³-hybridized carbons (Fsp3) is 0.855. The second kappa shape index (κ2) is 67.2. The van der Waals surface area contributed by atoms with Gasteiger partial charge in [-0.2, -0.15) is 0 Å². The van der Waals surface area contributed by atoms with Crippen LogP contribution in [0.2, 0.25) is 0 Å². The van der Waals surface area contributed by atoms with Gasteiger partial charge in [-0.3, -0.25) is 9.59 Å². The van der Waals surface area contributed by atoms with Crippen molar-refractivity contribution in [1.82, 2.24) is 0 Å². The zero-order valence-corrected chi connectivity index (χ0v) is 57.0. The molecule has 0 aromatic carbocycles. The first-order valence-corrected chi connectivity index (χ1v) is 36.8. The number of carbonyl (C=O) groups is 3. The minimum absolute atomic E-state index is 0.178. The van der Waals surface area contributed by atoms with Crippen molar-refractivity contribution < 1.29 is 42.9 Å². The van der Waals surface area contributed by atoms with E-state index in [0.717, 1.165) is 51.4 Å². The molecule has 0 aliphatic rings. The number of hydrogen-bond acceptors (Lipinski definition) is 7. The highest BCUT2D eigenvalue weighted by molar-refractivity contribution is 5.71. The third-order valence-corrected chi connectivity index (χ3v) is 16.6. The summed E-state index contributed by atoms with van der Waals surface area (Å²) in [5.74, 6) is -1.98. The molecule has 0 rings (SSSR count). The van der Waals surface area contributed by atoms with E-state index in [1.807, 2.05) is 21.1 Å². The number of carbonyl (C=O) groups excluding carboxylic acids is 2. The van der Waals surface area contributed by atoms with Gasteiger partial charge in [0.25, 0.3) is 6.29 Å².